The van der Waals surface area contributed by atoms with Crippen molar-refractivity contribution in [1.29, 1.82) is 0 Å². The van der Waals surface area contributed by atoms with Gasteiger partial charge in [-0.2, -0.15) is 13.2 Å². The van der Waals surface area contributed by atoms with Crippen LogP contribution in [0.15, 0.2) is 12.7 Å². The number of likely N-dealkylation sites (tertiary alicyclic amines) is 1. The molecule has 4 N–H and O–H groups in total. The first kappa shape index (κ1) is 51.7. The Kier molecular flexibility index (Phi) is 24.1. The number of nitrogens with one attached hydrogen (secondary N) is 4. The number of carbonyl (C=O) groups excluding carboxylic acids is 6. The summed E-state index contributed by atoms with van der Waals surface area (Å²) >= 11 is 0. The Balaban J connectivity index is -0.00000128. The maximum Gasteiger partial charge on any atom is 0.388 e. The first-order valence-corrected chi connectivity index (χ1v) is 17.3. The third-order valence-electron chi connectivity index (χ3n) is 6.73. The van der Waals surface area contributed by atoms with Crippen LogP contribution >= 0.6 is 0 Å². The standard InChI is InChI=1S/C26H46N4O6.C4H7NO.C3H5F3.C3H8/c1-15(16(2)31)27-20(32)17-13-12-14-30(17)21(33)18(24(3,4)5)28-23(35)29-19(25(6,7)8)22(34)36-26(9,10)11;1-2-3-5-4-6;1-2-3(4,5)6;1-3-2/h15,17-19H,12-14H2,1-11H3,(H,27,32)(H2,28,29,35);2,4H,1,3H2,(H,5,6);2H2,1H3;3H2,1-2H3/t15?,17-,18?,19?;;;/m0.../s1. The number of hydrogen-bond acceptors (Lipinski definition) is 7. The number of hydrogen-bond donors (Lipinski definition) is 4. The van der Waals surface area contributed by atoms with Gasteiger partial charge in [-0.3, -0.25) is 19.2 Å². The highest BCUT2D eigenvalue weighted by molar-refractivity contribution is 5.95. The van der Waals surface area contributed by atoms with E-state index in [0.717, 1.165) is 6.92 Å². The molecule has 1 saturated heterocycles. The molecule has 1 aliphatic rings. The van der Waals surface area contributed by atoms with Gasteiger partial charge < -0.3 is 30.9 Å². The lowest BCUT2D eigenvalue weighted by molar-refractivity contribution is -0.160. The highest BCUT2D eigenvalue weighted by Crippen LogP contribution is 2.27. The molecule has 298 valence electrons. The summed E-state index contributed by atoms with van der Waals surface area (Å²) in [5, 5.41) is 10.5. The second kappa shape index (κ2) is 23.8. The molecule has 1 rings (SSSR count). The monoisotopic (exact) mass is 737 g/mol. The van der Waals surface area contributed by atoms with Gasteiger partial charge in [0.25, 0.3) is 0 Å². The van der Waals surface area contributed by atoms with Crippen LogP contribution in [0.5, 0.6) is 0 Å². The quantitative estimate of drug-likeness (QED) is 0.0949. The largest absolute Gasteiger partial charge is 0.458 e. The SMILES string of the molecule is C=CCNC=O.CC(=O)C(C)NC(=O)[C@@H]1CCCN1C(=O)C(NC(=O)NC(C(=O)OC(C)(C)C)C(C)(C)C)C(C)(C)C.CCC.CCC(F)(F)F. The Bertz CT molecular complexity index is 1100. The van der Waals surface area contributed by atoms with Gasteiger partial charge in [0.05, 0.1) is 6.04 Å². The third kappa shape index (κ3) is 24.2. The molecule has 15 heteroatoms. The lowest BCUT2D eigenvalue weighted by atomic mass is 9.85. The van der Waals surface area contributed by atoms with Gasteiger partial charge in [0, 0.05) is 19.5 Å². The highest BCUT2D eigenvalue weighted by atomic mass is 19.4. The van der Waals surface area contributed by atoms with Crippen LogP contribution in [0.3, 0.4) is 0 Å². The molecule has 12 nitrogen and oxygen atoms in total. The van der Waals surface area contributed by atoms with E-state index in [9.17, 15) is 41.9 Å². The van der Waals surface area contributed by atoms with Crippen LogP contribution in [0.1, 0.15) is 123 Å². The summed E-state index contributed by atoms with van der Waals surface area (Å²) in [6.07, 6.45) is -0.0782. The number of nitrogens with zero attached hydrogens (tertiary/aromatic N) is 1. The fraction of sp³-hybridized carbons (Fsp3) is 0.778. The lowest BCUT2D eigenvalue weighted by Crippen LogP contribution is -2.61. The van der Waals surface area contributed by atoms with Crippen LogP contribution in [0.2, 0.25) is 0 Å². The molecule has 0 radical (unpaired) electrons. The molecule has 0 aromatic rings. The summed E-state index contributed by atoms with van der Waals surface area (Å²) in [4.78, 5) is 74.7. The molecule has 1 fully saturated rings. The number of esters is 1. The number of alkyl halides is 3. The van der Waals surface area contributed by atoms with Gasteiger partial charge in [-0.05, 0) is 58.3 Å². The van der Waals surface area contributed by atoms with Crippen molar-refractivity contribution in [3.8, 4) is 0 Å². The maximum atomic E-state index is 13.6. The molecule has 5 amide bonds. The molecule has 1 heterocycles. The zero-order chi connectivity index (χ0) is 41.0. The number of ketones is 1. The average Bonchev–Trinajstić information content (AvgIpc) is 3.46. The predicted molar refractivity (Wildman–Crippen MR) is 194 cm³/mol. The lowest BCUT2D eigenvalue weighted by Gasteiger charge is -2.37. The topological polar surface area (TPSA) is 163 Å². The Labute approximate surface area is 303 Å². The van der Waals surface area contributed by atoms with E-state index in [4.69, 9.17) is 4.74 Å². The molecule has 0 aliphatic carbocycles. The molecule has 0 bridgehead atoms. The summed E-state index contributed by atoms with van der Waals surface area (Å²) in [6.45, 7) is 28.7. The van der Waals surface area contributed by atoms with E-state index in [-0.39, 0.29) is 5.78 Å². The molecule has 0 spiro atoms. The summed E-state index contributed by atoms with van der Waals surface area (Å²) in [7, 11) is 0. The minimum atomic E-state index is -3.96. The number of ether oxygens (including phenoxy) is 1. The minimum Gasteiger partial charge on any atom is -0.458 e. The van der Waals surface area contributed by atoms with E-state index in [0.29, 0.717) is 32.3 Å². The minimum absolute atomic E-state index is 0.177. The number of halogens is 3. The van der Waals surface area contributed by atoms with Gasteiger partial charge in [0.15, 0.2) is 5.78 Å². The Morgan fingerprint density at radius 2 is 1.33 bits per heavy atom. The summed E-state index contributed by atoms with van der Waals surface area (Å²) < 4.78 is 37.8. The normalized spacial score (nSPS) is 16.0. The van der Waals surface area contributed by atoms with Crippen LogP contribution in [-0.2, 0) is 28.7 Å². The fourth-order valence-electron chi connectivity index (χ4n) is 3.95. The van der Waals surface area contributed by atoms with Gasteiger partial charge in [-0.15, -0.1) is 6.58 Å². The van der Waals surface area contributed by atoms with Crippen molar-refractivity contribution < 1.29 is 46.7 Å². The van der Waals surface area contributed by atoms with E-state index in [2.05, 4.69) is 41.7 Å². The number of rotatable bonds is 10. The molecule has 4 atom stereocenters. The first-order chi connectivity index (χ1) is 23.0. The second-order valence-corrected chi connectivity index (χ2v) is 15.3. The fourth-order valence-corrected chi connectivity index (χ4v) is 3.95. The Morgan fingerprint density at radius 3 is 1.67 bits per heavy atom. The molecule has 0 aromatic carbocycles. The molecule has 0 saturated carbocycles. The first-order valence-electron chi connectivity index (χ1n) is 17.3. The van der Waals surface area contributed by atoms with Crippen LogP contribution in [0, 0.1) is 10.8 Å². The van der Waals surface area contributed by atoms with E-state index < -0.39 is 77.0 Å². The van der Waals surface area contributed by atoms with Crippen molar-refractivity contribution in [3.63, 3.8) is 0 Å². The van der Waals surface area contributed by atoms with Gasteiger partial charge >= 0.3 is 18.2 Å². The Hall–Kier alpha value is -3.65. The van der Waals surface area contributed by atoms with Crippen molar-refractivity contribution >= 4 is 36.0 Å². The van der Waals surface area contributed by atoms with Gasteiger partial charge in [-0.1, -0.05) is 74.8 Å². The molecule has 3 unspecified atom stereocenters. The van der Waals surface area contributed by atoms with Crippen molar-refractivity contribution in [1.82, 2.24) is 26.2 Å². The zero-order valence-electron chi connectivity index (χ0n) is 33.4. The van der Waals surface area contributed by atoms with Gasteiger partial charge in [0.1, 0.15) is 23.7 Å². The number of amides is 5. The van der Waals surface area contributed by atoms with Gasteiger partial charge in [0.2, 0.25) is 18.2 Å². The van der Waals surface area contributed by atoms with Crippen molar-refractivity contribution in [3.05, 3.63) is 12.7 Å². The van der Waals surface area contributed by atoms with E-state index >= 15 is 0 Å². The summed E-state index contributed by atoms with van der Waals surface area (Å²) in [5.41, 5.74) is -2.06. The predicted octanol–water partition coefficient (Wildman–Crippen LogP) is 5.83. The summed E-state index contributed by atoms with van der Waals surface area (Å²) in [5.74, 6) is -1.53. The third-order valence-corrected chi connectivity index (χ3v) is 6.73. The van der Waals surface area contributed by atoms with Crippen LogP contribution < -0.4 is 21.3 Å². The smallest absolute Gasteiger partial charge is 0.388 e. The molecule has 51 heavy (non-hydrogen) atoms. The highest BCUT2D eigenvalue weighted by Gasteiger charge is 2.43. The van der Waals surface area contributed by atoms with E-state index in [1.165, 1.54) is 18.2 Å². The molecular formula is C36H66F3N5O7. The van der Waals surface area contributed by atoms with Crippen LogP contribution in [0.4, 0.5) is 18.0 Å². The summed E-state index contributed by atoms with van der Waals surface area (Å²) in [6, 6.07) is -3.97. The molecular weight excluding hydrogens is 671 g/mol. The molecule has 1 aliphatic heterocycles. The van der Waals surface area contributed by atoms with Crippen LogP contribution in [0.25, 0.3) is 0 Å². The second-order valence-electron chi connectivity index (χ2n) is 15.3. The Morgan fingerprint density at radius 1 is 0.882 bits per heavy atom. The van der Waals surface area contributed by atoms with Gasteiger partial charge in [-0.25, -0.2) is 9.59 Å². The van der Waals surface area contributed by atoms with Crippen LogP contribution in [-0.4, -0.2) is 89.9 Å². The zero-order valence-corrected chi connectivity index (χ0v) is 33.4. The molecule has 0 aromatic heterocycles. The van der Waals surface area contributed by atoms with Crippen molar-refractivity contribution in [2.75, 3.05) is 13.1 Å². The van der Waals surface area contributed by atoms with Crippen molar-refractivity contribution in [2.24, 2.45) is 10.8 Å². The average molecular weight is 738 g/mol. The van der Waals surface area contributed by atoms with E-state index in [1.807, 2.05) is 41.5 Å². The maximum absolute atomic E-state index is 13.6. The van der Waals surface area contributed by atoms with E-state index in [1.54, 1.807) is 33.8 Å². The van der Waals surface area contributed by atoms with Crippen molar-refractivity contribution in [2.45, 2.75) is 159 Å². The number of carbonyl (C=O) groups is 6. The number of urea groups is 1. The number of Topliss-reactive ketones (excluding diaryl/α,β-unsaturated/α-hetero) is 1.